The lowest BCUT2D eigenvalue weighted by Crippen LogP contribution is -2.40. The van der Waals surface area contributed by atoms with Crippen LogP contribution in [0, 0.1) is 6.92 Å². The van der Waals surface area contributed by atoms with Crippen molar-refractivity contribution in [2.24, 2.45) is 0 Å². The highest BCUT2D eigenvalue weighted by Gasteiger charge is 2.30. The zero-order chi connectivity index (χ0) is 27.9. The number of benzene rings is 3. The number of anilines is 1. The monoisotopic (exact) mass is 537 g/mol. The van der Waals surface area contributed by atoms with Gasteiger partial charge in [0.15, 0.2) is 11.5 Å². The Bertz CT molecular complexity index is 1360. The summed E-state index contributed by atoms with van der Waals surface area (Å²) in [4.78, 5) is 30.6. The normalized spacial score (nSPS) is 18.4. The summed E-state index contributed by atoms with van der Waals surface area (Å²) in [6, 6.07) is 23.7. The molecule has 0 aliphatic carbocycles. The van der Waals surface area contributed by atoms with Crippen molar-refractivity contribution in [3.05, 3.63) is 101 Å². The quantitative estimate of drug-likeness (QED) is 0.255. The van der Waals surface area contributed by atoms with Crippen LogP contribution in [0.1, 0.15) is 66.1 Å². The lowest BCUT2D eigenvalue weighted by atomic mass is 10.00. The minimum atomic E-state index is -0.193. The average Bonchev–Trinajstić information content (AvgIpc) is 2.98. The van der Waals surface area contributed by atoms with E-state index in [1.54, 1.807) is 23.1 Å². The van der Waals surface area contributed by atoms with Crippen LogP contribution in [0.25, 0.3) is 6.08 Å². The number of para-hydroxylation sites is 2. The molecule has 3 aromatic rings. The number of carbonyl (C=O) groups excluding carboxylic acids is 2. The lowest BCUT2D eigenvalue weighted by Gasteiger charge is -2.35. The van der Waals surface area contributed by atoms with Crippen molar-refractivity contribution in [1.29, 1.82) is 0 Å². The molecule has 3 aromatic carbocycles. The molecule has 2 amide bonds. The number of hydrogen-bond donors (Lipinski definition) is 1. The number of amides is 2. The third-order valence-electron chi connectivity index (χ3n) is 7.85. The first kappa shape index (κ1) is 27.7. The van der Waals surface area contributed by atoms with Gasteiger partial charge in [0.05, 0.1) is 12.2 Å². The first-order valence-corrected chi connectivity index (χ1v) is 14.5. The Hall–Kier alpha value is -3.90. The van der Waals surface area contributed by atoms with E-state index in [0.29, 0.717) is 30.4 Å². The maximum atomic E-state index is 13.5. The minimum absolute atomic E-state index is 0.0758. The first-order chi connectivity index (χ1) is 19.5. The van der Waals surface area contributed by atoms with E-state index in [0.717, 1.165) is 35.3 Å². The largest absolute Gasteiger partial charge is 0.449 e. The van der Waals surface area contributed by atoms with Gasteiger partial charge in [-0.1, -0.05) is 67.4 Å². The Kier molecular flexibility index (Phi) is 8.97. The molecule has 0 spiro atoms. The van der Waals surface area contributed by atoms with Crippen LogP contribution in [0.15, 0.2) is 78.6 Å². The molecule has 1 atom stereocenters. The summed E-state index contributed by atoms with van der Waals surface area (Å²) in [7, 11) is 0. The number of nitrogens with zero attached hydrogens (tertiary/aromatic N) is 2. The van der Waals surface area contributed by atoms with Crippen molar-refractivity contribution in [3.8, 4) is 5.75 Å². The number of rotatable bonds is 9. The van der Waals surface area contributed by atoms with Crippen LogP contribution >= 0.6 is 0 Å². The third-order valence-corrected chi connectivity index (χ3v) is 7.85. The van der Waals surface area contributed by atoms with Gasteiger partial charge in [-0.3, -0.25) is 14.5 Å². The highest BCUT2D eigenvalue weighted by Crippen LogP contribution is 2.36. The number of likely N-dealkylation sites (tertiary alicyclic amines) is 1. The molecule has 2 aliphatic rings. The molecule has 0 saturated carbocycles. The van der Waals surface area contributed by atoms with Crippen molar-refractivity contribution >= 4 is 23.6 Å². The van der Waals surface area contributed by atoms with Gasteiger partial charge in [-0.25, -0.2) is 0 Å². The molecule has 1 saturated heterocycles. The van der Waals surface area contributed by atoms with Crippen LogP contribution in [0.5, 0.6) is 5.75 Å². The molecule has 0 radical (unpaired) electrons. The van der Waals surface area contributed by atoms with Crippen LogP contribution < -0.4 is 15.0 Å². The van der Waals surface area contributed by atoms with Gasteiger partial charge in [0.2, 0.25) is 0 Å². The zero-order valence-electron chi connectivity index (χ0n) is 23.6. The maximum absolute atomic E-state index is 13.5. The highest BCUT2D eigenvalue weighted by atomic mass is 16.5. The van der Waals surface area contributed by atoms with Crippen LogP contribution in [0.2, 0.25) is 0 Å². The number of ether oxygens (including phenoxy) is 1. The third kappa shape index (κ3) is 6.62. The second kappa shape index (κ2) is 13.0. The molecule has 5 rings (SSSR count). The summed E-state index contributed by atoms with van der Waals surface area (Å²) in [5, 5.41) is 3.06. The van der Waals surface area contributed by atoms with E-state index in [-0.39, 0.29) is 17.6 Å². The molecule has 1 unspecified atom stereocenters. The van der Waals surface area contributed by atoms with Crippen LogP contribution in [0.4, 0.5) is 5.69 Å². The predicted molar refractivity (Wildman–Crippen MR) is 160 cm³/mol. The molecule has 6 nitrogen and oxygen atoms in total. The van der Waals surface area contributed by atoms with E-state index in [2.05, 4.69) is 23.2 Å². The highest BCUT2D eigenvalue weighted by molar-refractivity contribution is 6.09. The number of piperidine rings is 1. The van der Waals surface area contributed by atoms with Gasteiger partial charge < -0.3 is 15.0 Å². The average molecular weight is 538 g/mol. The molecule has 0 bridgehead atoms. The van der Waals surface area contributed by atoms with Crippen molar-refractivity contribution < 1.29 is 14.3 Å². The standard InChI is InChI=1S/C34H39N3O3/c1-3-29-12-6-7-20-36(29)21-9-19-35-33(38)28-17-15-26(16-18-28)23-32-34(39)37(24-27-11-8-10-25(2)22-27)30-13-4-5-14-31(30)40-32/h4-5,8,10-11,13-18,22-23,29H,3,6-7,9,12,19-21,24H2,1-2H3,(H,35,38). The lowest BCUT2D eigenvalue weighted by molar-refractivity contribution is -0.117. The van der Waals surface area contributed by atoms with Gasteiger partial charge in [-0.2, -0.15) is 0 Å². The van der Waals surface area contributed by atoms with Gasteiger partial charge in [0, 0.05) is 24.7 Å². The maximum Gasteiger partial charge on any atom is 0.294 e. The fraction of sp³-hybridized carbons (Fsp3) is 0.353. The summed E-state index contributed by atoms with van der Waals surface area (Å²) in [5.74, 6) is 0.632. The predicted octanol–water partition coefficient (Wildman–Crippen LogP) is 6.35. The minimum Gasteiger partial charge on any atom is -0.449 e. The fourth-order valence-corrected chi connectivity index (χ4v) is 5.70. The molecule has 2 aliphatic heterocycles. The van der Waals surface area contributed by atoms with E-state index in [9.17, 15) is 9.59 Å². The Balaban J connectivity index is 1.22. The van der Waals surface area contributed by atoms with E-state index >= 15 is 0 Å². The molecule has 1 fully saturated rings. The zero-order valence-corrected chi connectivity index (χ0v) is 23.6. The Morgan fingerprint density at radius 3 is 2.67 bits per heavy atom. The van der Waals surface area contributed by atoms with E-state index in [4.69, 9.17) is 4.74 Å². The summed E-state index contributed by atoms with van der Waals surface area (Å²) < 4.78 is 6.04. The van der Waals surface area contributed by atoms with Crippen LogP contribution in [-0.4, -0.2) is 42.4 Å². The van der Waals surface area contributed by atoms with Crippen molar-refractivity contribution in [3.63, 3.8) is 0 Å². The fourth-order valence-electron chi connectivity index (χ4n) is 5.70. The molecule has 40 heavy (non-hydrogen) atoms. The summed E-state index contributed by atoms with van der Waals surface area (Å²) >= 11 is 0. The number of aryl methyl sites for hydroxylation is 1. The molecule has 1 N–H and O–H groups in total. The molecule has 6 heteroatoms. The number of nitrogens with one attached hydrogen (secondary N) is 1. The Labute approximate surface area is 237 Å². The number of carbonyl (C=O) groups is 2. The van der Waals surface area contributed by atoms with Gasteiger partial charge in [0.25, 0.3) is 11.8 Å². The van der Waals surface area contributed by atoms with Crippen LogP contribution in [-0.2, 0) is 11.3 Å². The van der Waals surface area contributed by atoms with Crippen molar-refractivity contribution in [2.75, 3.05) is 24.5 Å². The molecule has 0 aromatic heterocycles. The van der Waals surface area contributed by atoms with E-state index < -0.39 is 0 Å². The molecular formula is C34H39N3O3. The van der Waals surface area contributed by atoms with Gasteiger partial charge >= 0.3 is 0 Å². The Morgan fingerprint density at radius 2 is 1.88 bits per heavy atom. The molecule has 2 heterocycles. The van der Waals surface area contributed by atoms with Crippen LogP contribution in [0.3, 0.4) is 0 Å². The second-order valence-corrected chi connectivity index (χ2v) is 10.8. The number of fused-ring (bicyclic) bond motifs is 1. The molecule has 208 valence electrons. The van der Waals surface area contributed by atoms with Gasteiger partial charge in [0.1, 0.15) is 0 Å². The van der Waals surface area contributed by atoms with Crippen molar-refractivity contribution in [1.82, 2.24) is 10.2 Å². The number of hydrogen-bond acceptors (Lipinski definition) is 4. The summed E-state index contributed by atoms with van der Waals surface area (Å²) in [6.45, 7) is 7.63. The first-order valence-electron chi connectivity index (χ1n) is 14.5. The summed E-state index contributed by atoms with van der Waals surface area (Å²) in [5.41, 5.74) is 4.36. The van der Waals surface area contributed by atoms with Gasteiger partial charge in [-0.15, -0.1) is 0 Å². The molecular weight excluding hydrogens is 498 g/mol. The Morgan fingerprint density at radius 1 is 1.05 bits per heavy atom. The SMILES string of the molecule is CCC1CCCCN1CCCNC(=O)c1ccc(C=C2Oc3ccccc3N(Cc3cccc(C)c3)C2=O)cc1. The summed E-state index contributed by atoms with van der Waals surface area (Å²) in [6.07, 6.45) is 7.79. The topological polar surface area (TPSA) is 61.9 Å². The van der Waals surface area contributed by atoms with E-state index in [1.807, 2.05) is 61.5 Å². The van der Waals surface area contributed by atoms with Gasteiger partial charge in [-0.05, 0) is 80.6 Å². The smallest absolute Gasteiger partial charge is 0.294 e. The second-order valence-electron chi connectivity index (χ2n) is 10.8. The van der Waals surface area contributed by atoms with E-state index in [1.165, 1.54) is 32.2 Å². The van der Waals surface area contributed by atoms with Crippen molar-refractivity contribution in [2.45, 2.75) is 58.5 Å².